The molecule has 0 spiro atoms. The van der Waals surface area contributed by atoms with Gasteiger partial charge in [-0.15, -0.1) is 0 Å². The highest BCUT2D eigenvalue weighted by atomic mass is 16.5. The highest BCUT2D eigenvalue weighted by Crippen LogP contribution is 2.28. The Labute approximate surface area is 273 Å². The number of amides is 1. The molecule has 6 rings (SSSR count). The topological polar surface area (TPSA) is 113 Å². The highest BCUT2D eigenvalue weighted by Gasteiger charge is 2.37. The van der Waals surface area contributed by atoms with Crippen molar-refractivity contribution < 1.29 is 24.2 Å². The first-order valence-corrected chi connectivity index (χ1v) is 15.5. The Balaban J connectivity index is 1.11. The van der Waals surface area contributed by atoms with Crippen LogP contribution in [0, 0.1) is 6.92 Å². The van der Waals surface area contributed by atoms with E-state index in [0.29, 0.717) is 24.7 Å². The maximum absolute atomic E-state index is 13.7. The van der Waals surface area contributed by atoms with Crippen molar-refractivity contribution in [1.29, 1.82) is 0 Å². The molecular weight excluding hydrogens is 592 g/mol. The molecule has 238 valence electrons. The fraction of sp³-hybridized carbons (Fsp3) is 0.184. The minimum absolute atomic E-state index is 0.0382. The molecule has 5 aromatic rings. The fourth-order valence-electron chi connectivity index (χ4n) is 5.69. The van der Waals surface area contributed by atoms with Crippen LogP contribution in [0.3, 0.4) is 0 Å². The molecule has 1 amide bonds. The summed E-state index contributed by atoms with van der Waals surface area (Å²) in [6.45, 7) is 6.72. The summed E-state index contributed by atoms with van der Waals surface area (Å²) in [5, 5.41) is 17.9. The van der Waals surface area contributed by atoms with E-state index in [1.165, 1.54) is 18.3 Å². The summed E-state index contributed by atoms with van der Waals surface area (Å²) < 4.78 is 12.3. The quantitative estimate of drug-likeness (QED) is 0.137. The van der Waals surface area contributed by atoms with E-state index in [1.807, 2.05) is 96.8 Å². The molecule has 0 aliphatic carbocycles. The van der Waals surface area contributed by atoms with Gasteiger partial charge in [-0.05, 0) is 65.2 Å². The Morgan fingerprint density at radius 1 is 0.936 bits per heavy atom. The number of carboxylic acids is 1. The van der Waals surface area contributed by atoms with Gasteiger partial charge in [-0.3, -0.25) is 4.79 Å². The minimum atomic E-state index is -1.06. The number of fused-ring (bicyclic) bond motifs is 1. The summed E-state index contributed by atoms with van der Waals surface area (Å²) in [5.74, 6) is 0.590. The van der Waals surface area contributed by atoms with E-state index in [2.05, 4.69) is 28.3 Å². The average molecular weight is 629 g/mol. The number of carbonyl (C=O) groups is 2. The predicted octanol–water partition coefficient (Wildman–Crippen LogP) is 6.91. The third kappa shape index (κ3) is 7.88. The number of nitrogens with one attached hydrogen (secondary N) is 2. The molecule has 0 bridgehead atoms. The zero-order valence-electron chi connectivity index (χ0n) is 26.1. The molecule has 1 fully saturated rings. The van der Waals surface area contributed by atoms with Crippen LogP contribution in [0.5, 0.6) is 11.6 Å². The molecule has 9 heteroatoms. The molecule has 9 nitrogen and oxygen atoms in total. The van der Waals surface area contributed by atoms with Crippen LogP contribution in [0.15, 0.2) is 122 Å². The number of aryl methyl sites for hydroxylation is 1. The lowest BCUT2D eigenvalue weighted by Crippen LogP contribution is -2.40. The fourth-order valence-corrected chi connectivity index (χ4v) is 5.69. The molecule has 1 aromatic heterocycles. The first-order chi connectivity index (χ1) is 22.8. The molecule has 4 aromatic carbocycles. The third-order valence-electron chi connectivity index (χ3n) is 8.16. The number of carboxylic acid groups (broad SMARTS) is 1. The number of aromatic nitrogens is 1. The summed E-state index contributed by atoms with van der Waals surface area (Å²) >= 11 is 0. The third-order valence-corrected chi connectivity index (χ3v) is 8.16. The van der Waals surface area contributed by atoms with Crippen LogP contribution in [0.2, 0.25) is 0 Å². The molecule has 2 unspecified atom stereocenters. The van der Waals surface area contributed by atoms with Crippen molar-refractivity contribution in [2.24, 2.45) is 0 Å². The average Bonchev–Trinajstić information content (AvgIpc) is 3.48. The largest absolute Gasteiger partial charge is 0.488 e. The Bertz CT molecular complexity index is 1890. The van der Waals surface area contributed by atoms with E-state index >= 15 is 0 Å². The molecule has 1 aliphatic heterocycles. The highest BCUT2D eigenvalue weighted by molar-refractivity contribution is 5.87. The number of hydrogen-bond acceptors (Lipinski definition) is 7. The number of pyridine rings is 1. The second-order valence-corrected chi connectivity index (χ2v) is 11.6. The van der Waals surface area contributed by atoms with Crippen molar-refractivity contribution in [1.82, 2.24) is 9.88 Å². The van der Waals surface area contributed by atoms with E-state index in [9.17, 15) is 14.7 Å². The molecule has 1 aliphatic rings. The number of aromatic carboxylic acids is 1. The van der Waals surface area contributed by atoms with E-state index in [1.54, 1.807) is 0 Å². The molecule has 0 saturated carbocycles. The number of likely N-dealkylation sites (tertiary alicyclic amines) is 1. The van der Waals surface area contributed by atoms with Crippen molar-refractivity contribution in [3.8, 4) is 11.6 Å². The van der Waals surface area contributed by atoms with Crippen molar-refractivity contribution in [3.63, 3.8) is 0 Å². The standard InChI is InChI=1S/C38H36N4O5/c1-25-7-3-6-10-35(25)41-26(2)40-31-15-11-27(12-16-31)19-37(43)42-23-34(47-33-17-13-28-8-4-5-9-29(28)20-33)21-32(42)24-46-36-18-14-30(22-39-36)38(44)45/h3-18,20,22,32,34,40-41H,2,19,21,23-24H2,1H3,(H,44,45). The normalized spacial score (nSPS) is 15.6. The molecular formula is C38H36N4O5. The summed E-state index contributed by atoms with van der Waals surface area (Å²) in [6.07, 6.45) is 1.82. The number of anilines is 2. The van der Waals surface area contributed by atoms with Gasteiger partial charge in [0, 0.05) is 30.1 Å². The van der Waals surface area contributed by atoms with Gasteiger partial charge in [-0.1, -0.05) is 67.2 Å². The molecule has 1 saturated heterocycles. The number of benzene rings is 4. The van der Waals surface area contributed by atoms with Gasteiger partial charge >= 0.3 is 5.97 Å². The first kappa shape index (κ1) is 31.2. The molecule has 3 N–H and O–H groups in total. The molecule has 2 heterocycles. The number of nitrogens with zero attached hydrogens (tertiary/aromatic N) is 2. The number of para-hydroxylation sites is 1. The second-order valence-electron chi connectivity index (χ2n) is 11.6. The SMILES string of the molecule is C=C(Nc1ccc(CC(=O)N2CC(Oc3ccc4ccccc4c3)CC2COc2ccc(C(=O)O)cn2)cc1)Nc1ccccc1C. The monoisotopic (exact) mass is 628 g/mol. The Morgan fingerprint density at radius 2 is 1.70 bits per heavy atom. The molecule has 47 heavy (non-hydrogen) atoms. The summed E-state index contributed by atoms with van der Waals surface area (Å²) in [5.41, 5.74) is 3.90. The second kappa shape index (κ2) is 14.1. The van der Waals surface area contributed by atoms with E-state index in [4.69, 9.17) is 9.47 Å². The summed E-state index contributed by atoms with van der Waals surface area (Å²) in [6, 6.07) is 32.5. The van der Waals surface area contributed by atoms with Crippen molar-refractivity contribution in [2.45, 2.75) is 31.9 Å². The van der Waals surface area contributed by atoms with Crippen LogP contribution >= 0.6 is 0 Å². The van der Waals surface area contributed by atoms with Gasteiger partial charge in [-0.25, -0.2) is 9.78 Å². The lowest BCUT2D eigenvalue weighted by molar-refractivity contribution is -0.132. The van der Waals surface area contributed by atoms with Crippen molar-refractivity contribution in [3.05, 3.63) is 138 Å². The van der Waals surface area contributed by atoms with Gasteiger partial charge in [0.25, 0.3) is 0 Å². The van der Waals surface area contributed by atoms with E-state index in [-0.39, 0.29) is 36.6 Å². The summed E-state index contributed by atoms with van der Waals surface area (Å²) in [4.78, 5) is 30.9. The summed E-state index contributed by atoms with van der Waals surface area (Å²) in [7, 11) is 0. The Kier molecular flexibility index (Phi) is 9.33. The van der Waals surface area contributed by atoms with Gasteiger partial charge < -0.3 is 30.1 Å². The van der Waals surface area contributed by atoms with Crippen LogP contribution < -0.4 is 20.1 Å². The van der Waals surface area contributed by atoms with Gasteiger partial charge in [0.1, 0.15) is 24.3 Å². The van der Waals surface area contributed by atoms with Crippen LogP contribution in [0.4, 0.5) is 11.4 Å². The van der Waals surface area contributed by atoms with Crippen LogP contribution in [0.25, 0.3) is 10.8 Å². The smallest absolute Gasteiger partial charge is 0.337 e. The predicted molar refractivity (Wildman–Crippen MR) is 183 cm³/mol. The maximum atomic E-state index is 13.7. The van der Waals surface area contributed by atoms with Crippen molar-refractivity contribution >= 4 is 34.0 Å². The van der Waals surface area contributed by atoms with Crippen LogP contribution in [0.1, 0.15) is 27.9 Å². The van der Waals surface area contributed by atoms with Crippen LogP contribution in [-0.4, -0.2) is 52.2 Å². The van der Waals surface area contributed by atoms with E-state index < -0.39 is 5.97 Å². The zero-order chi connectivity index (χ0) is 32.8. The maximum Gasteiger partial charge on any atom is 0.337 e. The first-order valence-electron chi connectivity index (χ1n) is 15.5. The van der Waals surface area contributed by atoms with Gasteiger partial charge in [-0.2, -0.15) is 0 Å². The minimum Gasteiger partial charge on any atom is -0.488 e. The van der Waals surface area contributed by atoms with Gasteiger partial charge in [0.2, 0.25) is 11.8 Å². The lowest BCUT2D eigenvalue weighted by Gasteiger charge is -2.24. The van der Waals surface area contributed by atoms with Crippen LogP contribution in [-0.2, 0) is 11.2 Å². The zero-order valence-corrected chi connectivity index (χ0v) is 26.1. The van der Waals surface area contributed by atoms with Crippen molar-refractivity contribution in [2.75, 3.05) is 23.8 Å². The van der Waals surface area contributed by atoms with E-state index in [0.717, 1.165) is 39.0 Å². The van der Waals surface area contributed by atoms with Gasteiger partial charge in [0.05, 0.1) is 24.6 Å². The number of rotatable bonds is 12. The lowest BCUT2D eigenvalue weighted by atomic mass is 10.1. The molecule has 2 atom stereocenters. The number of carbonyl (C=O) groups excluding carboxylic acids is 1. The Hall–Kier alpha value is -5.83. The number of hydrogen-bond donors (Lipinski definition) is 3. The Morgan fingerprint density at radius 3 is 2.45 bits per heavy atom. The van der Waals surface area contributed by atoms with Gasteiger partial charge in [0.15, 0.2) is 0 Å². The number of ether oxygens (including phenoxy) is 2. The molecule has 0 radical (unpaired) electrons.